The van der Waals surface area contributed by atoms with Crippen molar-refractivity contribution < 1.29 is 4.79 Å². The van der Waals surface area contributed by atoms with E-state index in [2.05, 4.69) is 67.3 Å². The molecule has 0 unspecified atom stereocenters. The molecular weight excluding hydrogens is 306 g/mol. The number of carbonyl (C=O) groups excluding carboxylic acids is 1. The first-order chi connectivity index (χ1) is 12.1. The largest absolute Gasteiger partial charge is 0.342 e. The second-order valence-electron chi connectivity index (χ2n) is 7.85. The molecule has 0 aromatic heterocycles. The van der Waals surface area contributed by atoms with Crippen LogP contribution in [0.25, 0.3) is 0 Å². The van der Waals surface area contributed by atoms with Crippen LogP contribution in [0.3, 0.4) is 0 Å². The summed E-state index contributed by atoms with van der Waals surface area (Å²) >= 11 is 0. The average Bonchev–Trinajstić information content (AvgIpc) is 3.39. The second-order valence-corrected chi connectivity index (χ2v) is 7.85. The highest BCUT2D eigenvalue weighted by Crippen LogP contribution is 2.59. The normalized spacial score (nSPS) is 21.8. The molecule has 1 saturated heterocycles. The van der Waals surface area contributed by atoms with Gasteiger partial charge in [0.15, 0.2) is 0 Å². The van der Waals surface area contributed by atoms with Crippen LogP contribution in [-0.2, 0) is 10.2 Å². The lowest BCUT2D eigenvalue weighted by Gasteiger charge is -2.28. The van der Waals surface area contributed by atoms with Gasteiger partial charge in [-0.05, 0) is 50.7 Å². The zero-order valence-electron chi connectivity index (χ0n) is 15.3. The molecule has 2 aliphatic rings. The molecule has 2 aromatic rings. The van der Waals surface area contributed by atoms with Crippen LogP contribution in [0.5, 0.6) is 0 Å². The van der Waals surface area contributed by atoms with E-state index in [1.165, 1.54) is 28.7 Å². The Hall–Kier alpha value is -2.09. The van der Waals surface area contributed by atoms with E-state index < -0.39 is 0 Å². The van der Waals surface area contributed by atoms with E-state index in [1.807, 2.05) is 0 Å². The quantitative estimate of drug-likeness (QED) is 0.802. The number of rotatable bonds is 3. The highest BCUT2D eigenvalue weighted by molar-refractivity contribution is 5.86. The van der Waals surface area contributed by atoms with Crippen molar-refractivity contribution in [2.45, 2.75) is 44.9 Å². The summed E-state index contributed by atoms with van der Waals surface area (Å²) in [6.45, 7) is 6.15. The van der Waals surface area contributed by atoms with Gasteiger partial charge in [-0.25, -0.2) is 0 Å². The lowest BCUT2D eigenvalue weighted by molar-refractivity contribution is -0.133. The Bertz CT molecular complexity index is 743. The Kier molecular flexibility index (Phi) is 4.15. The summed E-state index contributed by atoms with van der Waals surface area (Å²) in [5.41, 5.74) is 5.00. The Morgan fingerprint density at radius 1 is 0.920 bits per heavy atom. The molecule has 25 heavy (non-hydrogen) atoms. The first kappa shape index (κ1) is 16.4. The lowest BCUT2D eigenvalue weighted by Crippen LogP contribution is -2.38. The summed E-state index contributed by atoms with van der Waals surface area (Å²) in [6, 6.07) is 17.5. The van der Waals surface area contributed by atoms with E-state index in [4.69, 9.17) is 0 Å². The minimum Gasteiger partial charge on any atom is -0.342 e. The van der Waals surface area contributed by atoms with E-state index in [9.17, 15) is 4.79 Å². The topological polar surface area (TPSA) is 20.3 Å². The molecule has 4 rings (SSSR count). The van der Waals surface area contributed by atoms with Gasteiger partial charge in [-0.2, -0.15) is 0 Å². The summed E-state index contributed by atoms with van der Waals surface area (Å²) in [4.78, 5) is 15.3. The number of benzene rings is 2. The lowest BCUT2D eigenvalue weighted by atomic mass is 9.84. The predicted molar refractivity (Wildman–Crippen MR) is 102 cm³/mol. The monoisotopic (exact) mass is 333 g/mol. The molecule has 0 spiro atoms. The van der Waals surface area contributed by atoms with Crippen LogP contribution in [0.15, 0.2) is 48.5 Å². The molecule has 130 valence electrons. The summed E-state index contributed by atoms with van der Waals surface area (Å²) in [5.74, 6) is 0.455. The number of piperidine rings is 1. The van der Waals surface area contributed by atoms with E-state index in [-0.39, 0.29) is 11.3 Å². The smallest absolute Gasteiger partial charge is 0.226 e. The van der Waals surface area contributed by atoms with Gasteiger partial charge in [0.25, 0.3) is 0 Å². The van der Waals surface area contributed by atoms with Crippen molar-refractivity contribution in [3.05, 3.63) is 70.8 Å². The van der Waals surface area contributed by atoms with Gasteiger partial charge in [0, 0.05) is 18.5 Å². The molecule has 1 amide bonds. The van der Waals surface area contributed by atoms with Crippen molar-refractivity contribution >= 4 is 5.91 Å². The van der Waals surface area contributed by atoms with Crippen LogP contribution in [-0.4, -0.2) is 23.9 Å². The molecule has 0 radical (unpaired) electrons. The van der Waals surface area contributed by atoms with Crippen LogP contribution in [0.2, 0.25) is 0 Å². The molecular formula is C23H27NO. The average molecular weight is 333 g/mol. The maximum Gasteiger partial charge on any atom is 0.226 e. The molecule has 0 N–H and O–H groups in total. The van der Waals surface area contributed by atoms with Gasteiger partial charge >= 0.3 is 0 Å². The number of nitrogens with zero attached hydrogens (tertiary/aromatic N) is 1. The number of hydrogen-bond donors (Lipinski definition) is 0. The molecule has 1 atom stereocenters. The number of aryl methyl sites for hydroxylation is 2. The van der Waals surface area contributed by atoms with Crippen molar-refractivity contribution in [2.24, 2.45) is 5.92 Å². The fourth-order valence-corrected chi connectivity index (χ4v) is 4.55. The zero-order chi connectivity index (χ0) is 17.4. The Balaban J connectivity index is 1.73. The van der Waals surface area contributed by atoms with Crippen molar-refractivity contribution in [3.8, 4) is 0 Å². The number of hydrogen-bond acceptors (Lipinski definition) is 1. The summed E-state index contributed by atoms with van der Waals surface area (Å²) in [7, 11) is 0. The zero-order valence-corrected chi connectivity index (χ0v) is 15.3. The summed E-state index contributed by atoms with van der Waals surface area (Å²) < 4.78 is 0. The fraction of sp³-hybridized carbons (Fsp3) is 0.435. The molecule has 1 aliphatic carbocycles. The summed E-state index contributed by atoms with van der Waals surface area (Å²) in [5, 5.41) is 0. The number of amides is 1. The maximum absolute atomic E-state index is 13.2. The molecule has 1 heterocycles. The first-order valence-electron chi connectivity index (χ1n) is 9.54. The summed E-state index contributed by atoms with van der Waals surface area (Å²) in [6.07, 6.45) is 4.51. The maximum atomic E-state index is 13.2. The first-order valence-corrected chi connectivity index (χ1v) is 9.54. The standard InChI is InChI=1S/C23H27NO/c1-17-8-6-10-19(14-17)23(20-11-7-9-18(2)15-20)16-21(23)22(25)24-12-4-3-5-13-24/h6-11,14-15,21H,3-5,12-13,16H2,1-2H3/t21-/m1/s1. The van der Waals surface area contributed by atoms with E-state index in [0.717, 1.165) is 32.4 Å². The van der Waals surface area contributed by atoms with Crippen molar-refractivity contribution in [2.75, 3.05) is 13.1 Å². The van der Waals surface area contributed by atoms with Crippen LogP contribution < -0.4 is 0 Å². The van der Waals surface area contributed by atoms with Crippen LogP contribution >= 0.6 is 0 Å². The third-order valence-electron chi connectivity index (χ3n) is 5.99. The van der Waals surface area contributed by atoms with E-state index in [0.29, 0.717) is 5.91 Å². The minimum absolute atomic E-state index is 0.0919. The molecule has 0 bridgehead atoms. The molecule has 2 nitrogen and oxygen atoms in total. The molecule has 1 aliphatic heterocycles. The van der Waals surface area contributed by atoms with Gasteiger partial charge in [-0.3, -0.25) is 4.79 Å². The Labute approximate surface area is 150 Å². The molecule has 2 aromatic carbocycles. The highest BCUT2D eigenvalue weighted by Gasteiger charge is 2.61. The fourth-order valence-electron chi connectivity index (χ4n) is 4.55. The second kappa shape index (κ2) is 6.33. The van der Waals surface area contributed by atoms with Gasteiger partial charge in [-0.1, -0.05) is 59.7 Å². The predicted octanol–water partition coefficient (Wildman–Crippen LogP) is 4.62. The van der Waals surface area contributed by atoms with Gasteiger partial charge in [0.1, 0.15) is 0 Å². The van der Waals surface area contributed by atoms with Gasteiger partial charge in [-0.15, -0.1) is 0 Å². The van der Waals surface area contributed by atoms with Crippen molar-refractivity contribution in [1.82, 2.24) is 4.90 Å². The Morgan fingerprint density at radius 2 is 1.48 bits per heavy atom. The van der Waals surface area contributed by atoms with Crippen LogP contribution in [0, 0.1) is 19.8 Å². The number of carbonyl (C=O) groups is 1. The minimum atomic E-state index is -0.132. The van der Waals surface area contributed by atoms with Crippen molar-refractivity contribution in [3.63, 3.8) is 0 Å². The van der Waals surface area contributed by atoms with Crippen LogP contribution in [0.1, 0.15) is 47.9 Å². The molecule has 2 fully saturated rings. The van der Waals surface area contributed by atoms with Gasteiger partial charge in [0.2, 0.25) is 5.91 Å². The SMILES string of the molecule is Cc1cccc(C2(c3cccc(C)c3)C[C@@H]2C(=O)N2CCCCC2)c1. The third-order valence-corrected chi connectivity index (χ3v) is 5.99. The van der Waals surface area contributed by atoms with Crippen LogP contribution in [0.4, 0.5) is 0 Å². The van der Waals surface area contributed by atoms with Crippen molar-refractivity contribution in [1.29, 1.82) is 0 Å². The molecule has 1 saturated carbocycles. The van der Waals surface area contributed by atoms with Gasteiger partial charge in [0.05, 0.1) is 5.92 Å². The highest BCUT2D eigenvalue weighted by atomic mass is 16.2. The Morgan fingerprint density at radius 3 is 2.00 bits per heavy atom. The molecule has 2 heteroatoms. The van der Waals surface area contributed by atoms with Gasteiger partial charge < -0.3 is 4.90 Å². The third kappa shape index (κ3) is 2.88. The van der Waals surface area contributed by atoms with E-state index in [1.54, 1.807) is 0 Å². The number of likely N-dealkylation sites (tertiary alicyclic amines) is 1. The van der Waals surface area contributed by atoms with E-state index >= 15 is 0 Å².